The quantitative estimate of drug-likeness (QED) is 0.635. The SMILES string of the molecule is C=C1C2C(=O)C3(CBr)C4CC(C1C24)C3C(=O)NCC. The van der Waals surface area contributed by atoms with Crippen LogP contribution in [-0.4, -0.2) is 23.6 Å². The Morgan fingerprint density at radius 3 is 2.95 bits per heavy atom. The van der Waals surface area contributed by atoms with Gasteiger partial charge in [0, 0.05) is 17.8 Å². The summed E-state index contributed by atoms with van der Waals surface area (Å²) in [6.45, 7) is 6.72. The molecule has 0 spiro atoms. The molecule has 0 radical (unpaired) electrons. The predicted octanol–water partition coefficient (Wildman–Crippen LogP) is 1.77. The van der Waals surface area contributed by atoms with E-state index in [1.165, 1.54) is 0 Å². The lowest BCUT2D eigenvalue weighted by molar-refractivity contribution is -0.138. The first kappa shape index (κ1) is 12.1. The molecule has 4 aliphatic rings. The number of nitrogens with one attached hydrogen (secondary N) is 1. The summed E-state index contributed by atoms with van der Waals surface area (Å²) in [4.78, 5) is 25.4. The largest absolute Gasteiger partial charge is 0.356 e. The Bertz CT molecular complexity index is 516. The Balaban J connectivity index is 1.84. The Kier molecular flexibility index (Phi) is 2.24. The molecule has 0 aromatic rings. The van der Waals surface area contributed by atoms with Gasteiger partial charge in [-0.2, -0.15) is 0 Å². The fourth-order valence-electron chi connectivity index (χ4n) is 5.87. The average molecular weight is 324 g/mol. The van der Waals surface area contributed by atoms with Gasteiger partial charge in [0.1, 0.15) is 5.78 Å². The molecular formula is C15H18BrNO2. The van der Waals surface area contributed by atoms with Crippen LogP contribution in [0.2, 0.25) is 0 Å². The topological polar surface area (TPSA) is 46.2 Å². The molecule has 4 aliphatic carbocycles. The zero-order valence-corrected chi connectivity index (χ0v) is 12.6. The molecule has 7 atom stereocenters. The van der Waals surface area contributed by atoms with Crippen molar-refractivity contribution >= 4 is 27.6 Å². The molecule has 2 bridgehead atoms. The van der Waals surface area contributed by atoms with Crippen molar-refractivity contribution in [1.29, 1.82) is 0 Å². The number of rotatable bonds is 3. The van der Waals surface area contributed by atoms with Gasteiger partial charge < -0.3 is 5.32 Å². The summed E-state index contributed by atoms with van der Waals surface area (Å²) in [5, 5.41) is 3.58. The van der Waals surface area contributed by atoms with Crippen LogP contribution < -0.4 is 5.32 Å². The van der Waals surface area contributed by atoms with Gasteiger partial charge in [-0.25, -0.2) is 0 Å². The van der Waals surface area contributed by atoms with Crippen LogP contribution in [-0.2, 0) is 9.59 Å². The lowest BCUT2D eigenvalue weighted by Crippen LogP contribution is -2.50. The second-order valence-corrected chi connectivity index (χ2v) is 7.13. The van der Waals surface area contributed by atoms with Crippen LogP contribution in [0.5, 0.6) is 0 Å². The van der Waals surface area contributed by atoms with E-state index in [-0.39, 0.29) is 17.7 Å². The fraction of sp³-hybridized carbons (Fsp3) is 0.733. The Morgan fingerprint density at radius 2 is 2.32 bits per heavy atom. The number of Topliss-reactive ketones (excluding diaryl/α,β-unsaturated/α-hetero) is 1. The maximum absolute atomic E-state index is 12.9. The Labute approximate surface area is 121 Å². The Morgan fingerprint density at radius 1 is 1.58 bits per heavy atom. The number of fused-ring (bicyclic) bond motifs is 2. The van der Waals surface area contributed by atoms with E-state index in [9.17, 15) is 9.59 Å². The molecule has 0 saturated heterocycles. The number of alkyl halides is 1. The predicted molar refractivity (Wildman–Crippen MR) is 74.6 cm³/mol. The molecule has 4 rings (SSSR count). The third kappa shape index (κ3) is 1.02. The zero-order chi connectivity index (χ0) is 13.5. The fourth-order valence-corrected chi connectivity index (χ4v) is 6.91. The van der Waals surface area contributed by atoms with E-state index in [1.807, 2.05) is 6.92 Å². The average Bonchev–Trinajstić information content (AvgIpc) is 2.89. The molecule has 0 aromatic heterocycles. The van der Waals surface area contributed by atoms with Gasteiger partial charge in [-0.1, -0.05) is 28.1 Å². The number of hydrogen-bond acceptors (Lipinski definition) is 2. The van der Waals surface area contributed by atoms with Crippen LogP contribution in [0, 0.1) is 40.9 Å². The van der Waals surface area contributed by atoms with E-state index in [0.29, 0.717) is 41.3 Å². The molecule has 0 aromatic carbocycles. The number of carbonyl (C=O) groups is 2. The van der Waals surface area contributed by atoms with E-state index in [2.05, 4.69) is 27.8 Å². The van der Waals surface area contributed by atoms with Gasteiger partial charge in [0.2, 0.25) is 5.91 Å². The Hall–Kier alpha value is -0.640. The number of allylic oxidation sites excluding steroid dienone is 1. The number of hydrogen-bond donors (Lipinski definition) is 1. The summed E-state index contributed by atoms with van der Waals surface area (Å²) in [5.41, 5.74) is 0.687. The highest BCUT2D eigenvalue weighted by atomic mass is 79.9. The van der Waals surface area contributed by atoms with Crippen LogP contribution in [0.3, 0.4) is 0 Å². The first-order valence-corrected chi connectivity index (χ1v) is 8.28. The summed E-state index contributed by atoms with van der Waals surface area (Å²) >= 11 is 3.56. The summed E-state index contributed by atoms with van der Waals surface area (Å²) in [7, 11) is 0. The van der Waals surface area contributed by atoms with Crippen molar-refractivity contribution in [2.24, 2.45) is 40.9 Å². The van der Waals surface area contributed by atoms with Gasteiger partial charge in [-0.05, 0) is 37.0 Å². The third-order valence-electron chi connectivity index (χ3n) is 6.32. The molecule has 3 nitrogen and oxygen atoms in total. The molecule has 0 aliphatic heterocycles. The van der Waals surface area contributed by atoms with Gasteiger partial charge in [-0.3, -0.25) is 9.59 Å². The van der Waals surface area contributed by atoms with E-state index < -0.39 is 5.41 Å². The monoisotopic (exact) mass is 323 g/mol. The van der Waals surface area contributed by atoms with Crippen LogP contribution >= 0.6 is 15.9 Å². The van der Waals surface area contributed by atoms with Gasteiger partial charge in [0.15, 0.2) is 0 Å². The number of amides is 1. The van der Waals surface area contributed by atoms with Crippen molar-refractivity contribution < 1.29 is 9.59 Å². The number of halogens is 1. The van der Waals surface area contributed by atoms with Gasteiger partial charge in [-0.15, -0.1) is 0 Å². The molecule has 1 amide bonds. The standard InChI is InChI=1S/C15H18BrNO2/c1-3-17-14(19)12-7-4-8-11-9(7)6(2)10(11)13(18)15(8,12)5-16/h7-12H,2-5H2,1H3,(H,17,19). The highest BCUT2D eigenvalue weighted by Gasteiger charge is 2.81. The molecule has 1 N–H and O–H groups in total. The maximum atomic E-state index is 12.9. The summed E-state index contributed by atoms with van der Waals surface area (Å²) in [6, 6.07) is 0. The first-order valence-electron chi connectivity index (χ1n) is 7.16. The molecule has 4 saturated carbocycles. The van der Waals surface area contributed by atoms with Crippen LogP contribution in [0.25, 0.3) is 0 Å². The second-order valence-electron chi connectivity index (χ2n) is 6.57. The van der Waals surface area contributed by atoms with Crippen molar-refractivity contribution in [2.75, 3.05) is 11.9 Å². The summed E-state index contributed by atoms with van der Waals surface area (Å²) in [5.74, 6) is 2.05. The molecule has 0 heterocycles. The molecule has 7 unspecified atom stereocenters. The molecule has 102 valence electrons. The van der Waals surface area contributed by atoms with Gasteiger partial charge in [0.25, 0.3) is 0 Å². The number of ketones is 1. The highest BCUT2D eigenvalue weighted by molar-refractivity contribution is 9.09. The summed E-state index contributed by atoms with van der Waals surface area (Å²) < 4.78 is 0. The summed E-state index contributed by atoms with van der Waals surface area (Å²) in [6.07, 6.45) is 1.05. The van der Waals surface area contributed by atoms with Crippen molar-refractivity contribution in [3.05, 3.63) is 12.2 Å². The van der Waals surface area contributed by atoms with E-state index in [1.54, 1.807) is 0 Å². The van der Waals surface area contributed by atoms with Crippen LogP contribution in [0.4, 0.5) is 0 Å². The minimum absolute atomic E-state index is 0.0666. The normalized spacial score (nSPS) is 52.5. The zero-order valence-electron chi connectivity index (χ0n) is 11.0. The third-order valence-corrected chi connectivity index (χ3v) is 7.25. The molecular weight excluding hydrogens is 306 g/mol. The molecule has 4 heteroatoms. The van der Waals surface area contributed by atoms with E-state index >= 15 is 0 Å². The lowest BCUT2D eigenvalue weighted by Gasteiger charge is -2.46. The first-order chi connectivity index (χ1) is 9.09. The van der Waals surface area contributed by atoms with Crippen LogP contribution in [0.1, 0.15) is 13.3 Å². The molecule has 4 fully saturated rings. The minimum atomic E-state index is -0.435. The second kappa shape index (κ2) is 3.51. The van der Waals surface area contributed by atoms with Crippen LogP contribution in [0.15, 0.2) is 12.2 Å². The minimum Gasteiger partial charge on any atom is -0.356 e. The van der Waals surface area contributed by atoms with Crippen molar-refractivity contribution in [3.8, 4) is 0 Å². The van der Waals surface area contributed by atoms with Crippen molar-refractivity contribution in [3.63, 3.8) is 0 Å². The lowest BCUT2D eigenvalue weighted by atomic mass is 9.57. The van der Waals surface area contributed by atoms with Crippen molar-refractivity contribution in [2.45, 2.75) is 13.3 Å². The van der Waals surface area contributed by atoms with E-state index in [4.69, 9.17) is 0 Å². The number of carbonyl (C=O) groups excluding carboxylic acids is 2. The van der Waals surface area contributed by atoms with Crippen molar-refractivity contribution in [1.82, 2.24) is 5.32 Å². The maximum Gasteiger partial charge on any atom is 0.224 e. The highest BCUT2D eigenvalue weighted by Crippen LogP contribution is 2.79. The molecule has 19 heavy (non-hydrogen) atoms. The van der Waals surface area contributed by atoms with E-state index in [0.717, 1.165) is 12.0 Å². The van der Waals surface area contributed by atoms with Gasteiger partial charge >= 0.3 is 0 Å². The van der Waals surface area contributed by atoms with Gasteiger partial charge in [0.05, 0.1) is 11.3 Å². The smallest absolute Gasteiger partial charge is 0.224 e.